The minimum atomic E-state index is -0.317. The van der Waals surface area contributed by atoms with E-state index in [1.54, 1.807) is 59.7 Å². The van der Waals surface area contributed by atoms with Gasteiger partial charge in [-0.05, 0) is 67.6 Å². The molecule has 0 spiro atoms. The van der Waals surface area contributed by atoms with Gasteiger partial charge in [0.25, 0.3) is 0 Å². The number of nitrogens with zero attached hydrogens (tertiary/aromatic N) is 2. The predicted molar refractivity (Wildman–Crippen MR) is 128 cm³/mol. The zero-order chi connectivity index (χ0) is 22.9. The Morgan fingerprint density at radius 1 is 1.15 bits per heavy atom. The number of carbonyl (C=O) groups excluding carboxylic acids is 2. The number of thiophene rings is 1. The van der Waals surface area contributed by atoms with Gasteiger partial charge in [0, 0.05) is 21.6 Å². The first-order valence-corrected chi connectivity index (χ1v) is 11.8. The standard InChI is InChI=1S/C26H23FN2O3S/c1-32-19-6-4-5-17(13-19)21(30)15-29-23(31)14-28-25(16-9-11-18(27)12-10-16)24-20-7-2-3-8-22(20)33-26(24)29/h4-6,9-13H,2-3,7-8,14-15H2,1H3. The second-order valence-electron chi connectivity index (χ2n) is 8.20. The quantitative estimate of drug-likeness (QED) is 0.510. The minimum absolute atomic E-state index is 0.0612. The number of hydrogen-bond acceptors (Lipinski definition) is 5. The van der Waals surface area contributed by atoms with E-state index in [0.29, 0.717) is 17.0 Å². The summed E-state index contributed by atoms with van der Waals surface area (Å²) in [6, 6.07) is 13.2. The number of carbonyl (C=O) groups is 2. The molecule has 5 nitrogen and oxygen atoms in total. The lowest BCUT2D eigenvalue weighted by molar-refractivity contribution is -0.117. The molecule has 168 valence electrons. The Morgan fingerprint density at radius 3 is 2.73 bits per heavy atom. The summed E-state index contributed by atoms with van der Waals surface area (Å²) >= 11 is 1.58. The van der Waals surface area contributed by atoms with E-state index in [1.165, 1.54) is 22.6 Å². The fraction of sp³-hybridized carbons (Fsp3) is 0.269. The lowest BCUT2D eigenvalue weighted by Crippen LogP contribution is -2.36. The van der Waals surface area contributed by atoms with Crippen molar-refractivity contribution >= 4 is 33.7 Å². The number of halogens is 1. The average molecular weight is 463 g/mol. The lowest BCUT2D eigenvalue weighted by Gasteiger charge is -2.20. The summed E-state index contributed by atoms with van der Waals surface area (Å²) in [4.78, 5) is 33.8. The molecule has 0 bridgehead atoms. The number of amides is 1. The molecule has 2 aromatic carbocycles. The Morgan fingerprint density at radius 2 is 1.94 bits per heavy atom. The van der Waals surface area contributed by atoms with Crippen LogP contribution < -0.4 is 9.64 Å². The van der Waals surface area contributed by atoms with Gasteiger partial charge in [-0.25, -0.2) is 4.39 Å². The van der Waals surface area contributed by atoms with Gasteiger partial charge in [-0.1, -0.05) is 12.1 Å². The number of aryl methyl sites for hydroxylation is 1. The topological polar surface area (TPSA) is 59.0 Å². The summed E-state index contributed by atoms with van der Waals surface area (Å²) < 4.78 is 18.8. The molecule has 0 saturated heterocycles. The first kappa shape index (κ1) is 21.5. The van der Waals surface area contributed by atoms with Crippen molar-refractivity contribution in [2.24, 2.45) is 4.99 Å². The van der Waals surface area contributed by atoms with Crippen molar-refractivity contribution in [2.75, 3.05) is 25.1 Å². The van der Waals surface area contributed by atoms with Crippen LogP contribution in [0.15, 0.2) is 53.5 Å². The lowest BCUT2D eigenvalue weighted by atomic mass is 9.91. The molecular formula is C26H23FN2O3S. The van der Waals surface area contributed by atoms with Crippen LogP contribution in [0.1, 0.15) is 44.8 Å². The van der Waals surface area contributed by atoms with E-state index >= 15 is 0 Å². The zero-order valence-corrected chi connectivity index (χ0v) is 19.1. The summed E-state index contributed by atoms with van der Waals surface area (Å²) in [7, 11) is 1.55. The number of methoxy groups -OCH3 is 1. The molecule has 5 rings (SSSR count). The number of rotatable bonds is 5. The molecule has 0 fully saturated rings. The second-order valence-corrected chi connectivity index (χ2v) is 9.28. The van der Waals surface area contributed by atoms with Crippen LogP contribution >= 0.6 is 11.3 Å². The van der Waals surface area contributed by atoms with Crippen molar-refractivity contribution in [2.45, 2.75) is 25.7 Å². The number of hydrogen-bond donors (Lipinski definition) is 0. The fourth-order valence-corrected chi connectivity index (χ4v) is 5.85. The molecule has 0 radical (unpaired) electrons. The average Bonchev–Trinajstić information content (AvgIpc) is 3.16. The van der Waals surface area contributed by atoms with Crippen LogP contribution in [0, 0.1) is 5.82 Å². The number of ether oxygens (including phenoxy) is 1. The SMILES string of the molecule is COc1cccc(C(=O)CN2C(=O)CN=C(c3ccc(F)cc3)c3c2sc2c3CCCC2)c1. The van der Waals surface area contributed by atoms with Crippen LogP contribution in [0.2, 0.25) is 0 Å². The molecule has 3 aromatic rings. The van der Waals surface area contributed by atoms with Gasteiger partial charge in [-0.3, -0.25) is 19.5 Å². The van der Waals surface area contributed by atoms with Crippen molar-refractivity contribution in [1.82, 2.24) is 0 Å². The minimum Gasteiger partial charge on any atom is -0.497 e. The van der Waals surface area contributed by atoms with E-state index in [0.717, 1.165) is 41.8 Å². The van der Waals surface area contributed by atoms with E-state index < -0.39 is 0 Å². The van der Waals surface area contributed by atoms with E-state index in [-0.39, 0.29) is 30.6 Å². The van der Waals surface area contributed by atoms with Crippen molar-refractivity contribution in [1.29, 1.82) is 0 Å². The number of aliphatic imine (C=N–C) groups is 1. The Labute approximate surface area is 195 Å². The smallest absolute Gasteiger partial charge is 0.249 e. The van der Waals surface area contributed by atoms with Gasteiger partial charge in [-0.2, -0.15) is 0 Å². The summed E-state index contributed by atoms with van der Waals surface area (Å²) in [6.45, 7) is -0.126. The Kier molecular flexibility index (Phi) is 5.81. The molecule has 2 aliphatic rings. The van der Waals surface area contributed by atoms with E-state index in [1.807, 2.05) is 0 Å². The molecule has 2 heterocycles. The van der Waals surface area contributed by atoms with E-state index in [4.69, 9.17) is 4.74 Å². The van der Waals surface area contributed by atoms with Gasteiger partial charge < -0.3 is 4.74 Å². The Balaban J connectivity index is 1.58. The van der Waals surface area contributed by atoms with Gasteiger partial charge in [-0.15, -0.1) is 11.3 Å². The predicted octanol–water partition coefficient (Wildman–Crippen LogP) is 4.84. The number of benzene rings is 2. The van der Waals surface area contributed by atoms with Gasteiger partial charge in [0.15, 0.2) is 5.78 Å². The van der Waals surface area contributed by atoms with Gasteiger partial charge >= 0.3 is 0 Å². The number of fused-ring (bicyclic) bond motifs is 3. The zero-order valence-electron chi connectivity index (χ0n) is 18.3. The van der Waals surface area contributed by atoms with E-state index in [9.17, 15) is 14.0 Å². The van der Waals surface area contributed by atoms with Crippen LogP contribution in [0.5, 0.6) is 5.75 Å². The summed E-state index contributed by atoms with van der Waals surface area (Å²) in [5.74, 6) is -0.104. The number of anilines is 1. The molecular weight excluding hydrogens is 439 g/mol. The largest absolute Gasteiger partial charge is 0.497 e. The molecule has 0 unspecified atom stereocenters. The van der Waals surface area contributed by atoms with Crippen molar-refractivity contribution < 1.29 is 18.7 Å². The fourth-order valence-electron chi connectivity index (χ4n) is 4.44. The van der Waals surface area contributed by atoms with Crippen molar-refractivity contribution in [3.63, 3.8) is 0 Å². The Bertz CT molecular complexity index is 1260. The van der Waals surface area contributed by atoms with Crippen molar-refractivity contribution in [3.05, 3.63) is 81.5 Å². The van der Waals surface area contributed by atoms with Crippen LogP contribution in [-0.4, -0.2) is 37.6 Å². The highest BCUT2D eigenvalue weighted by molar-refractivity contribution is 7.17. The highest BCUT2D eigenvalue weighted by Gasteiger charge is 2.33. The second kappa shape index (κ2) is 8.90. The summed E-state index contributed by atoms with van der Waals surface area (Å²) in [6.07, 6.45) is 4.04. The third-order valence-corrected chi connectivity index (χ3v) is 7.43. The third-order valence-electron chi connectivity index (χ3n) is 6.12. The molecule has 33 heavy (non-hydrogen) atoms. The summed E-state index contributed by atoms with van der Waals surface area (Å²) in [5.41, 5.74) is 4.10. The molecule has 1 amide bonds. The monoisotopic (exact) mass is 462 g/mol. The molecule has 1 aliphatic carbocycles. The maximum atomic E-state index is 13.6. The highest BCUT2D eigenvalue weighted by Crippen LogP contribution is 2.42. The first-order valence-electron chi connectivity index (χ1n) is 11.0. The molecule has 1 aliphatic heterocycles. The maximum Gasteiger partial charge on any atom is 0.249 e. The third kappa shape index (κ3) is 4.09. The first-order chi connectivity index (χ1) is 16.0. The Hall–Kier alpha value is -3.32. The number of Topliss-reactive ketones (excluding diaryl/α,β-unsaturated/α-hetero) is 1. The molecule has 1 aromatic heterocycles. The van der Waals surface area contributed by atoms with Gasteiger partial charge in [0.2, 0.25) is 5.91 Å². The molecule has 7 heteroatoms. The maximum absolute atomic E-state index is 13.6. The van der Waals surface area contributed by atoms with Crippen LogP contribution in [-0.2, 0) is 17.6 Å². The number of ketones is 1. The van der Waals surface area contributed by atoms with Gasteiger partial charge in [0.1, 0.15) is 23.1 Å². The van der Waals surface area contributed by atoms with Crippen LogP contribution in [0.25, 0.3) is 0 Å². The van der Waals surface area contributed by atoms with Gasteiger partial charge in [0.05, 0.1) is 19.4 Å². The molecule has 0 saturated carbocycles. The molecule has 0 atom stereocenters. The normalized spacial score (nSPS) is 15.4. The van der Waals surface area contributed by atoms with Crippen LogP contribution in [0.4, 0.5) is 9.39 Å². The highest BCUT2D eigenvalue weighted by atomic mass is 32.1. The van der Waals surface area contributed by atoms with Crippen LogP contribution in [0.3, 0.4) is 0 Å². The molecule has 0 N–H and O–H groups in total. The van der Waals surface area contributed by atoms with Crippen molar-refractivity contribution in [3.8, 4) is 5.75 Å². The van der Waals surface area contributed by atoms with E-state index in [2.05, 4.69) is 4.99 Å². The summed E-state index contributed by atoms with van der Waals surface area (Å²) in [5, 5.41) is 0.767.